The molecule has 0 saturated carbocycles. The smallest absolute Gasteiger partial charge is 0.189 e. The van der Waals surface area contributed by atoms with Crippen LogP contribution >= 0.6 is 0 Å². The molecule has 0 N–H and O–H groups in total. The Morgan fingerprint density at radius 1 is 0.287 bits per heavy atom. The monoisotopic (exact) mass is 1200 g/mol. The molecule has 0 bridgehead atoms. The Morgan fingerprint density at radius 3 is 0.885 bits per heavy atom. The van der Waals surface area contributed by atoms with Crippen molar-refractivity contribution in [1.82, 2.24) is 0 Å². The van der Waals surface area contributed by atoms with Gasteiger partial charge in [-0.3, -0.25) is 0 Å². The van der Waals surface area contributed by atoms with Crippen LogP contribution in [-0.2, 0) is 60.5 Å². The summed E-state index contributed by atoms with van der Waals surface area (Å²) in [6.07, 6.45) is 1.44. The molecule has 0 spiro atoms. The lowest BCUT2D eigenvalue weighted by Gasteiger charge is -2.21. The minimum atomic E-state index is -0.248. The molecule has 0 aromatic heterocycles. The van der Waals surface area contributed by atoms with E-state index < -0.39 is 0 Å². The summed E-state index contributed by atoms with van der Waals surface area (Å²) in [4.78, 5) is 0. The van der Waals surface area contributed by atoms with Crippen LogP contribution in [0.4, 0.5) is 0 Å². The molecular formula is C66H77N3O18. The molecule has 0 aliphatic heterocycles. The fourth-order valence-electron chi connectivity index (χ4n) is 9.40. The number of ether oxygens (including phenoxy) is 18. The highest BCUT2D eigenvalue weighted by molar-refractivity contribution is 5.59. The molecule has 6 rings (SSSR count). The van der Waals surface area contributed by atoms with Crippen molar-refractivity contribution in [3.63, 3.8) is 0 Å². The predicted octanol–water partition coefficient (Wildman–Crippen LogP) is 9.71. The highest BCUT2D eigenvalue weighted by Gasteiger charge is 2.24. The van der Waals surface area contributed by atoms with E-state index in [0.29, 0.717) is 137 Å². The van der Waals surface area contributed by atoms with Gasteiger partial charge in [0, 0.05) is 109 Å². The Bertz CT molecular complexity index is 3300. The van der Waals surface area contributed by atoms with Crippen LogP contribution in [0.3, 0.4) is 0 Å². The molecule has 0 unspecified atom stereocenters. The molecule has 87 heavy (non-hydrogen) atoms. The summed E-state index contributed by atoms with van der Waals surface area (Å²) in [5, 5.41) is 28.9. The van der Waals surface area contributed by atoms with Crippen molar-refractivity contribution in [3.8, 4) is 87.2 Å². The highest BCUT2D eigenvalue weighted by Crippen LogP contribution is 2.42. The van der Waals surface area contributed by atoms with E-state index in [2.05, 4.69) is 12.1 Å². The van der Waals surface area contributed by atoms with Gasteiger partial charge in [0.05, 0.1) is 82.3 Å². The van der Waals surface area contributed by atoms with Crippen molar-refractivity contribution in [1.29, 1.82) is 15.8 Å². The van der Waals surface area contributed by atoms with Gasteiger partial charge in [-0.2, -0.15) is 15.8 Å². The standard InChI is InChI=1S/C66H77N3O18/c1-44-25-58(74-6)46(32-57(44)85-41-79-22-19-70-2)27-51-33-59(75-7)48(37-63(51)83-17-14-68)30-54-36-62(78-10)50(40-66(54)87-43-81-24-21-72-4)28-52-34-60(76-8)49(38-64(52)84-18-15-69)29-53-35-61(77-9)47(39-65(53)86-42-80-23-20-71-3)26-45-31-55(73-5)11-12-56(45)82-16-13-67/h11-12,25,31-40H,16-24,26-30,41-43H2,1-10H3. The third-order valence-electron chi connectivity index (χ3n) is 13.7. The van der Waals surface area contributed by atoms with Gasteiger partial charge in [0.2, 0.25) is 0 Å². The molecule has 6 aromatic carbocycles. The molecule has 0 aliphatic rings. The van der Waals surface area contributed by atoms with Crippen LogP contribution in [-0.4, -0.2) is 144 Å². The van der Waals surface area contributed by atoms with Gasteiger partial charge in [0.25, 0.3) is 0 Å². The number of nitriles is 3. The largest absolute Gasteiger partial charge is 0.497 e. The summed E-state index contributed by atoms with van der Waals surface area (Å²) in [6, 6.07) is 30.5. The van der Waals surface area contributed by atoms with E-state index in [0.717, 1.165) is 38.9 Å². The lowest BCUT2D eigenvalue weighted by atomic mass is 9.93. The zero-order chi connectivity index (χ0) is 62.3. The molecule has 21 heteroatoms. The van der Waals surface area contributed by atoms with E-state index in [9.17, 15) is 15.8 Å². The first-order chi connectivity index (χ1) is 42.5. The molecule has 0 amide bonds. The molecule has 464 valence electrons. The molecule has 0 fully saturated rings. The summed E-state index contributed by atoms with van der Waals surface area (Å²) in [5.74, 6) is 6.42. The Labute approximate surface area is 509 Å². The Morgan fingerprint density at radius 2 is 0.563 bits per heavy atom. The number of hydrogen-bond acceptors (Lipinski definition) is 21. The summed E-state index contributed by atoms with van der Waals surface area (Å²) in [7, 11) is 14.3. The highest BCUT2D eigenvalue weighted by atomic mass is 16.7. The average molecular weight is 1200 g/mol. The summed E-state index contributed by atoms with van der Waals surface area (Å²) >= 11 is 0. The fraction of sp³-hybridized carbons (Fsp3) is 0.409. The first-order valence-corrected chi connectivity index (χ1v) is 27.7. The summed E-state index contributed by atoms with van der Waals surface area (Å²) in [5.41, 5.74) is 8.18. The van der Waals surface area contributed by atoms with Crippen molar-refractivity contribution in [2.24, 2.45) is 0 Å². The van der Waals surface area contributed by atoms with E-state index >= 15 is 0 Å². The van der Waals surface area contributed by atoms with Crippen LogP contribution in [0.5, 0.6) is 69.0 Å². The Kier molecular flexibility index (Phi) is 28.0. The molecule has 0 heterocycles. The van der Waals surface area contributed by atoms with Crippen LogP contribution < -0.4 is 56.8 Å². The molecule has 0 saturated heterocycles. The summed E-state index contributed by atoms with van der Waals surface area (Å²) in [6.45, 7) is 3.31. The van der Waals surface area contributed by atoms with Crippen LogP contribution in [0.1, 0.15) is 61.2 Å². The van der Waals surface area contributed by atoms with Gasteiger partial charge < -0.3 is 85.3 Å². The van der Waals surface area contributed by atoms with Crippen LogP contribution in [0.15, 0.2) is 78.9 Å². The van der Waals surface area contributed by atoms with Crippen molar-refractivity contribution in [2.75, 3.05) is 144 Å². The van der Waals surface area contributed by atoms with E-state index in [1.807, 2.05) is 79.7 Å². The van der Waals surface area contributed by atoms with Crippen molar-refractivity contribution >= 4 is 0 Å². The maximum Gasteiger partial charge on any atom is 0.189 e. The maximum absolute atomic E-state index is 9.85. The van der Waals surface area contributed by atoms with Gasteiger partial charge in [0.15, 0.2) is 40.2 Å². The Balaban J connectivity index is 1.39. The normalized spacial score (nSPS) is 10.7. The topological polar surface area (TPSA) is 238 Å². The van der Waals surface area contributed by atoms with Gasteiger partial charge in [-0.1, -0.05) is 0 Å². The number of benzene rings is 6. The van der Waals surface area contributed by atoms with E-state index in [1.165, 1.54) is 0 Å². The second kappa shape index (κ2) is 36.2. The molecule has 0 atom stereocenters. The lowest BCUT2D eigenvalue weighted by Crippen LogP contribution is -2.10. The second-order valence-electron chi connectivity index (χ2n) is 19.2. The van der Waals surface area contributed by atoms with Crippen LogP contribution in [0.25, 0.3) is 0 Å². The molecule has 0 aliphatic carbocycles. The Hall–Kier alpha value is -8.85. The second-order valence-corrected chi connectivity index (χ2v) is 19.2. The zero-order valence-electron chi connectivity index (χ0n) is 51.2. The maximum atomic E-state index is 9.85. The number of methoxy groups -OCH3 is 9. The SMILES string of the molecule is COCCOCOc1cc(Cc2cc(OC)c(Cc3cc(OC)c(Cc4cc(OC)c(Cc5cc(OC)c(Cc6cc(OC)ccc6OCC#N)cc5OCOCCOC)cc4OCC#N)cc3OCOCCOC)cc2OCC#N)c(OC)cc1C. The minimum Gasteiger partial charge on any atom is -0.497 e. The molecule has 6 aromatic rings. The quantitative estimate of drug-likeness (QED) is 0.0257. The number of aryl methyl sites for hydroxylation is 1. The predicted molar refractivity (Wildman–Crippen MR) is 320 cm³/mol. The first kappa shape index (κ1) is 67.3. The lowest BCUT2D eigenvalue weighted by molar-refractivity contribution is -0.00897. The van der Waals surface area contributed by atoms with Gasteiger partial charge in [-0.15, -0.1) is 0 Å². The van der Waals surface area contributed by atoms with Gasteiger partial charge in [-0.25, -0.2) is 0 Å². The molecule has 21 nitrogen and oxygen atoms in total. The number of nitrogens with zero attached hydrogens (tertiary/aromatic N) is 3. The van der Waals surface area contributed by atoms with Gasteiger partial charge in [-0.05, 0) is 91.3 Å². The van der Waals surface area contributed by atoms with Crippen LogP contribution in [0, 0.1) is 40.9 Å². The van der Waals surface area contributed by atoms with Crippen molar-refractivity contribution in [2.45, 2.75) is 39.0 Å². The van der Waals surface area contributed by atoms with E-state index in [1.54, 1.807) is 76.1 Å². The van der Waals surface area contributed by atoms with Gasteiger partial charge in [0.1, 0.15) is 87.2 Å². The molecule has 0 radical (unpaired) electrons. The third kappa shape index (κ3) is 19.6. The number of rotatable bonds is 40. The summed E-state index contributed by atoms with van der Waals surface area (Å²) < 4.78 is 105. The minimum absolute atomic E-state index is 0.0316. The average Bonchev–Trinajstić information content (AvgIpc) is 2.31. The van der Waals surface area contributed by atoms with E-state index in [4.69, 9.17) is 85.3 Å². The van der Waals surface area contributed by atoms with Crippen molar-refractivity contribution < 1.29 is 85.3 Å². The van der Waals surface area contributed by atoms with Crippen molar-refractivity contribution in [3.05, 3.63) is 140 Å². The number of hydrogen-bond donors (Lipinski definition) is 0. The zero-order valence-corrected chi connectivity index (χ0v) is 51.2. The molecular weight excluding hydrogens is 1120 g/mol. The first-order valence-electron chi connectivity index (χ1n) is 27.7. The third-order valence-corrected chi connectivity index (χ3v) is 13.7. The van der Waals surface area contributed by atoms with Gasteiger partial charge >= 0.3 is 0 Å². The van der Waals surface area contributed by atoms with Crippen LogP contribution in [0.2, 0.25) is 0 Å². The van der Waals surface area contributed by atoms with E-state index in [-0.39, 0.29) is 66.1 Å². The fourth-order valence-corrected chi connectivity index (χ4v) is 9.40.